The van der Waals surface area contributed by atoms with E-state index in [9.17, 15) is 9.90 Å². The molecule has 0 atom stereocenters. The summed E-state index contributed by atoms with van der Waals surface area (Å²) < 4.78 is 0. The number of H-pyrrole nitrogens is 1. The van der Waals surface area contributed by atoms with Gasteiger partial charge in [-0.1, -0.05) is 30.7 Å². The molecule has 2 aromatic rings. The van der Waals surface area contributed by atoms with Crippen LogP contribution < -0.4 is 5.56 Å². The van der Waals surface area contributed by atoms with Gasteiger partial charge in [0.25, 0.3) is 5.56 Å². The minimum atomic E-state index is -0.283. The number of hydrogen-bond acceptors (Lipinski definition) is 3. The van der Waals surface area contributed by atoms with E-state index in [1.165, 1.54) is 0 Å². The summed E-state index contributed by atoms with van der Waals surface area (Å²) in [4.78, 5) is 18.3. The van der Waals surface area contributed by atoms with Gasteiger partial charge in [0.1, 0.15) is 5.82 Å². The lowest BCUT2D eigenvalue weighted by atomic mass is 10.1. The molecule has 0 saturated carbocycles. The minimum Gasteiger partial charge on any atom is -0.493 e. The number of hydrogen-bond donors (Lipinski definition) is 2. The predicted octanol–water partition coefficient (Wildman–Crippen LogP) is 2.28. The molecule has 0 unspecified atom stereocenters. The number of aromatic nitrogens is 2. The van der Waals surface area contributed by atoms with Gasteiger partial charge in [0, 0.05) is 11.4 Å². The van der Waals surface area contributed by atoms with Crippen molar-refractivity contribution in [2.24, 2.45) is 0 Å². The van der Waals surface area contributed by atoms with Crippen molar-refractivity contribution in [2.75, 3.05) is 0 Å². The predicted molar refractivity (Wildman–Crippen MR) is 70.2 cm³/mol. The van der Waals surface area contributed by atoms with Crippen molar-refractivity contribution < 1.29 is 5.11 Å². The van der Waals surface area contributed by atoms with Crippen LogP contribution in [0, 0.1) is 0 Å². The van der Waals surface area contributed by atoms with E-state index >= 15 is 0 Å². The third-order valence-corrected chi connectivity index (χ3v) is 2.93. The van der Waals surface area contributed by atoms with Gasteiger partial charge >= 0.3 is 0 Å². The smallest absolute Gasteiger partial charge is 0.257 e. The molecule has 0 aliphatic rings. The Morgan fingerprint density at radius 2 is 2.00 bits per heavy atom. The second-order valence-corrected chi connectivity index (χ2v) is 4.41. The number of aromatic amines is 1. The molecule has 5 heteroatoms. The minimum absolute atomic E-state index is 0.190. The lowest BCUT2D eigenvalue weighted by Crippen LogP contribution is -2.16. The first-order chi connectivity index (χ1) is 8.60. The summed E-state index contributed by atoms with van der Waals surface area (Å²) in [6.45, 7) is 1.80. The van der Waals surface area contributed by atoms with Gasteiger partial charge in [-0.3, -0.25) is 4.79 Å². The first-order valence-corrected chi connectivity index (χ1v) is 6.03. The maximum atomic E-state index is 11.7. The number of nitrogens with one attached hydrogen (secondary N) is 1. The fourth-order valence-corrected chi connectivity index (χ4v) is 1.86. The molecule has 1 aromatic heterocycles. The Bertz CT molecular complexity index is 605. The van der Waals surface area contributed by atoms with Gasteiger partial charge in [-0.2, -0.15) is 4.98 Å². The molecule has 0 aliphatic heterocycles. The Morgan fingerprint density at radius 3 is 2.56 bits per heavy atom. The van der Waals surface area contributed by atoms with Gasteiger partial charge in [-0.05, 0) is 24.1 Å². The fourth-order valence-electron chi connectivity index (χ4n) is 1.73. The largest absolute Gasteiger partial charge is 0.493 e. The second-order valence-electron chi connectivity index (χ2n) is 3.97. The van der Waals surface area contributed by atoms with E-state index in [-0.39, 0.29) is 11.4 Å². The molecule has 18 heavy (non-hydrogen) atoms. The van der Waals surface area contributed by atoms with Crippen LogP contribution in [0.3, 0.4) is 0 Å². The van der Waals surface area contributed by atoms with E-state index in [1.54, 1.807) is 19.1 Å². The third kappa shape index (κ3) is 2.71. The van der Waals surface area contributed by atoms with Crippen molar-refractivity contribution in [1.29, 1.82) is 0 Å². The summed E-state index contributed by atoms with van der Waals surface area (Å²) >= 11 is 5.79. The highest BCUT2D eigenvalue weighted by Gasteiger charge is 2.08. The van der Waals surface area contributed by atoms with Gasteiger partial charge in [-0.25, -0.2) is 0 Å². The topological polar surface area (TPSA) is 66.0 Å². The van der Waals surface area contributed by atoms with Crippen LogP contribution in [0.5, 0.6) is 5.88 Å². The molecule has 1 heterocycles. The molecule has 0 spiro atoms. The maximum absolute atomic E-state index is 11.7. The molecule has 94 valence electrons. The van der Waals surface area contributed by atoms with Gasteiger partial charge < -0.3 is 10.1 Å². The van der Waals surface area contributed by atoms with Crippen LogP contribution in [0.25, 0.3) is 0 Å². The monoisotopic (exact) mass is 264 g/mol. The number of halogens is 1. The third-order valence-electron chi connectivity index (χ3n) is 2.68. The van der Waals surface area contributed by atoms with Crippen LogP contribution in [0.1, 0.15) is 23.9 Å². The first kappa shape index (κ1) is 12.6. The molecule has 0 fully saturated rings. The van der Waals surface area contributed by atoms with E-state index in [1.807, 2.05) is 12.1 Å². The molecule has 0 aliphatic carbocycles. The standard InChI is InChI=1S/C13H13ClN2O2/c1-2-10-12(17)15-11(16-13(10)18)7-8-3-5-9(14)6-4-8/h3-6H,2,7H2,1H3,(H2,15,16,17,18). The van der Waals surface area contributed by atoms with Crippen LogP contribution >= 0.6 is 11.6 Å². The van der Waals surface area contributed by atoms with Crippen molar-refractivity contribution in [3.8, 4) is 5.88 Å². The maximum Gasteiger partial charge on any atom is 0.257 e. The van der Waals surface area contributed by atoms with Crippen LogP contribution in [0.2, 0.25) is 5.02 Å². The van der Waals surface area contributed by atoms with E-state index in [4.69, 9.17) is 11.6 Å². The average Bonchev–Trinajstić information content (AvgIpc) is 2.32. The molecule has 2 N–H and O–H groups in total. The number of benzene rings is 1. The molecule has 1 aromatic carbocycles. The molecule has 0 amide bonds. The summed E-state index contributed by atoms with van der Waals surface area (Å²) in [5.41, 5.74) is 0.995. The van der Waals surface area contributed by atoms with E-state index in [0.717, 1.165) is 5.56 Å². The van der Waals surface area contributed by atoms with Crippen molar-refractivity contribution in [3.05, 3.63) is 56.6 Å². The summed E-state index contributed by atoms with van der Waals surface area (Å²) in [6.07, 6.45) is 0.902. The van der Waals surface area contributed by atoms with Crippen molar-refractivity contribution >= 4 is 11.6 Å². The van der Waals surface area contributed by atoms with Crippen molar-refractivity contribution in [1.82, 2.24) is 9.97 Å². The van der Waals surface area contributed by atoms with E-state index in [2.05, 4.69) is 9.97 Å². The van der Waals surface area contributed by atoms with Crippen molar-refractivity contribution in [2.45, 2.75) is 19.8 Å². The normalized spacial score (nSPS) is 10.6. The van der Waals surface area contributed by atoms with Gasteiger partial charge in [0.05, 0.1) is 5.56 Å². The average molecular weight is 265 g/mol. The number of nitrogens with zero attached hydrogens (tertiary/aromatic N) is 1. The molecule has 4 nitrogen and oxygen atoms in total. The summed E-state index contributed by atoms with van der Waals surface area (Å²) in [5.74, 6) is 0.252. The van der Waals surface area contributed by atoms with Gasteiger partial charge in [-0.15, -0.1) is 0 Å². The lowest BCUT2D eigenvalue weighted by Gasteiger charge is -2.04. The summed E-state index contributed by atoms with van der Waals surface area (Å²) in [5, 5.41) is 10.3. The number of rotatable bonds is 3. The number of aromatic hydroxyl groups is 1. The Balaban J connectivity index is 2.30. The Morgan fingerprint density at radius 1 is 1.33 bits per heavy atom. The zero-order valence-corrected chi connectivity index (χ0v) is 10.7. The highest BCUT2D eigenvalue weighted by molar-refractivity contribution is 6.30. The fraction of sp³-hybridized carbons (Fsp3) is 0.231. The van der Waals surface area contributed by atoms with Crippen LogP contribution in [-0.2, 0) is 12.8 Å². The molecule has 2 rings (SSSR count). The molecule has 0 saturated heterocycles. The lowest BCUT2D eigenvalue weighted by molar-refractivity contribution is 0.440. The van der Waals surface area contributed by atoms with Crippen molar-refractivity contribution in [3.63, 3.8) is 0 Å². The zero-order chi connectivity index (χ0) is 13.1. The Kier molecular flexibility index (Phi) is 3.67. The van der Waals surface area contributed by atoms with Crippen LogP contribution in [0.4, 0.5) is 0 Å². The summed E-state index contributed by atoms with van der Waals surface area (Å²) in [6, 6.07) is 7.25. The van der Waals surface area contributed by atoms with E-state index in [0.29, 0.717) is 29.3 Å². The molecular formula is C13H13ClN2O2. The Labute approximate surface area is 109 Å². The van der Waals surface area contributed by atoms with Gasteiger partial charge in [0.2, 0.25) is 5.88 Å². The Hall–Kier alpha value is -1.81. The van der Waals surface area contributed by atoms with Gasteiger partial charge in [0.15, 0.2) is 0 Å². The van der Waals surface area contributed by atoms with Crippen LogP contribution in [0.15, 0.2) is 29.1 Å². The summed E-state index contributed by atoms with van der Waals surface area (Å²) in [7, 11) is 0. The highest BCUT2D eigenvalue weighted by Crippen LogP contribution is 2.14. The second kappa shape index (κ2) is 5.23. The van der Waals surface area contributed by atoms with Crippen LogP contribution in [-0.4, -0.2) is 15.1 Å². The highest BCUT2D eigenvalue weighted by atomic mass is 35.5. The zero-order valence-electron chi connectivity index (χ0n) is 9.90. The first-order valence-electron chi connectivity index (χ1n) is 5.65. The molecule has 0 bridgehead atoms. The van der Waals surface area contributed by atoms with E-state index < -0.39 is 0 Å². The molecule has 0 radical (unpaired) electrons. The molecular weight excluding hydrogens is 252 g/mol. The quantitative estimate of drug-likeness (QED) is 0.894. The SMILES string of the molecule is CCc1c(O)nc(Cc2ccc(Cl)cc2)[nH]c1=O.